The molecule has 20 heavy (non-hydrogen) atoms. The van der Waals surface area contributed by atoms with Gasteiger partial charge in [-0.3, -0.25) is 19.1 Å². The zero-order valence-electron chi connectivity index (χ0n) is 9.66. The quantitative estimate of drug-likeness (QED) is 0.662. The first kappa shape index (κ1) is 16.1. The van der Waals surface area contributed by atoms with Gasteiger partial charge < -0.3 is 5.11 Å². The predicted molar refractivity (Wildman–Crippen MR) is 61.6 cm³/mol. The lowest BCUT2D eigenvalue weighted by Gasteiger charge is -2.15. The molecule has 0 saturated heterocycles. The Bertz CT molecular complexity index is 560. The molecule has 0 amide bonds. The van der Waals surface area contributed by atoms with Gasteiger partial charge in [0.25, 0.3) is 5.69 Å². The zero-order valence-corrected chi connectivity index (χ0v) is 10.5. The molecule has 0 aromatic heterocycles. The van der Waals surface area contributed by atoms with Crippen molar-refractivity contribution < 1.29 is 32.2 Å². The lowest BCUT2D eigenvalue weighted by Crippen LogP contribution is -2.35. The average Bonchev–Trinajstić information content (AvgIpc) is 2.33. The van der Waals surface area contributed by atoms with Crippen LogP contribution in [0.25, 0.3) is 0 Å². The van der Waals surface area contributed by atoms with E-state index < -0.39 is 50.1 Å². The van der Waals surface area contributed by atoms with Gasteiger partial charge in [0.1, 0.15) is 4.90 Å². The summed E-state index contributed by atoms with van der Waals surface area (Å²) in [5, 5.41) is 19.2. The molecule has 0 spiro atoms. The van der Waals surface area contributed by atoms with E-state index >= 15 is 0 Å². The van der Waals surface area contributed by atoms with Gasteiger partial charge >= 0.3 is 12.1 Å². The molecule has 0 fully saturated rings. The Kier molecular flexibility index (Phi) is 4.82. The maximum atomic E-state index is 12.5. The van der Waals surface area contributed by atoms with Gasteiger partial charge in [-0.15, -0.1) is 0 Å². The van der Waals surface area contributed by atoms with Crippen LogP contribution in [0, 0.1) is 16.0 Å². The number of carboxylic acid groups (broad SMARTS) is 1. The smallest absolute Gasteiger partial charge is 0.403 e. The molecule has 10 heteroatoms. The Balaban J connectivity index is 3.08. The summed E-state index contributed by atoms with van der Waals surface area (Å²) in [6.45, 7) is 0. The predicted octanol–water partition coefficient (Wildman–Crippen LogP) is 1.97. The van der Waals surface area contributed by atoms with Gasteiger partial charge in [0, 0.05) is 6.07 Å². The van der Waals surface area contributed by atoms with Crippen LogP contribution >= 0.6 is 0 Å². The van der Waals surface area contributed by atoms with E-state index in [1.807, 2.05) is 0 Å². The average molecular weight is 311 g/mol. The summed E-state index contributed by atoms with van der Waals surface area (Å²) >= 11 is 0. The van der Waals surface area contributed by atoms with Crippen molar-refractivity contribution in [2.24, 2.45) is 5.92 Å². The first-order chi connectivity index (χ1) is 9.14. The van der Waals surface area contributed by atoms with Crippen molar-refractivity contribution in [3.05, 3.63) is 34.4 Å². The maximum Gasteiger partial charge on any atom is 0.403 e. The SMILES string of the molecule is O=C(O)C(CS(=O)c1ccccc1[N+](=O)[O-])C(F)(F)F. The fourth-order valence-corrected chi connectivity index (χ4v) is 2.77. The van der Waals surface area contributed by atoms with E-state index in [0.29, 0.717) is 0 Å². The second-order valence-corrected chi connectivity index (χ2v) is 5.13. The minimum atomic E-state index is -5.08. The minimum Gasteiger partial charge on any atom is -0.481 e. The molecule has 0 saturated carbocycles. The molecule has 1 aromatic carbocycles. The van der Waals surface area contributed by atoms with E-state index in [1.165, 1.54) is 12.1 Å². The molecule has 2 unspecified atom stereocenters. The maximum absolute atomic E-state index is 12.5. The Morgan fingerprint density at radius 1 is 1.40 bits per heavy atom. The van der Waals surface area contributed by atoms with Crippen molar-refractivity contribution in [1.82, 2.24) is 0 Å². The van der Waals surface area contributed by atoms with Crippen LogP contribution in [0.3, 0.4) is 0 Å². The molecule has 0 aliphatic carbocycles. The van der Waals surface area contributed by atoms with E-state index in [4.69, 9.17) is 5.11 Å². The Labute approximate surface area is 112 Å². The van der Waals surface area contributed by atoms with Crippen molar-refractivity contribution in [2.45, 2.75) is 11.1 Å². The molecule has 1 aromatic rings. The van der Waals surface area contributed by atoms with Crippen LogP contribution in [0.15, 0.2) is 29.2 Å². The van der Waals surface area contributed by atoms with Crippen LogP contribution in [0.4, 0.5) is 18.9 Å². The number of alkyl halides is 3. The summed E-state index contributed by atoms with van der Waals surface area (Å²) in [6.07, 6.45) is -5.08. The van der Waals surface area contributed by atoms with Crippen LogP contribution in [0.5, 0.6) is 0 Å². The molecule has 0 aliphatic rings. The number of carboxylic acids is 1. The van der Waals surface area contributed by atoms with E-state index in [1.54, 1.807) is 0 Å². The Morgan fingerprint density at radius 3 is 2.40 bits per heavy atom. The number of rotatable bonds is 5. The molecule has 1 rings (SSSR count). The minimum absolute atomic E-state index is 0.437. The topological polar surface area (TPSA) is 97.5 Å². The van der Waals surface area contributed by atoms with Gasteiger partial charge in [0.2, 0.25) is 0 Å². The third-order valence-corrected chi connectivity index (χ3v) is 3.79. The van der Waals surface area contributed by atoms with Crippen molar-refractivity contribution in [1.29, 1.82) is 0 Å². The molecule has 1 N–H and O–H groups in total. The number of benzene rings is 1. The summed E-state index contributed by atoms with van der Waals surface area (Å²) in [5.74, 6) is -6.29. The first-order valence-corrected chi connectivity index (χ1v) is 6.37. The van der Waals surface area contributed by atoms with Gasteiger partial charge in [-0.25, -0.2) is 0 Å². The number of hydrogen-bond acceptors (Lipinski definition) is 4. The third kappa shape index (κ3) is 3.76. The number of aliphatic carboxylic acids is 1. The second-order valence-electron chi connectivity index (χ2n) is 3.67. The number of nitro benzene ring substituents is 1. The highest BCUT2D eigenvalue weighted by molar-refractivity contribution is 7.85. The Hall–Kier alpha value is -1.97. The molecule has 0 bridgehead atoms. The number of para-hydroxylation sites is 1. The molecular weight excluding hydrogens is 303 g/mol. The second kappa shape index (κ2) is 5.99. The van der Waals surface area contributed by atoms with Crippen LogP contribution in [-0.4, -0.2) is 32.1 Å². The van der Waals surface area contributed by atoms with Crippen LogP contribution < -0.4 is 0 Å². The molecule has 0 radical (unpaired) electrons. The van der Waals surface area contributed by atoms with Crippen molar-refractivity contribution >= 4 is 22.5 Å². The highest BCUT2D eigenvalue weighted by atomic mass is 32.2. The molecule has 0 heterocycles. The van der Waals surface area contributed by atoms with Crippen molar-refractivity contribution in [2.75, 3.05) is 5.75 Å². The van der Waals surface area contributed by atoms with Gasteiger partial charge in [-0.1, -0.05) is 12.1 Å². The molecular formula is C10H8F3NO5S. The van der Waals surface area contributed by atoms with Crippen LogP contribution in [-0.2, 0) is 15.6 Å². The van der Waals surface area contributed by atoms with Crippen LogP contribution in [0.1, 0.15) is 0 Å². The van der Waals surface area contributed by atoms with E-state index in [9.17, 15) is 32.3 Å². The summed E-state index contributed by atoms with van der Waals surface area (Å²) in [7, 11) is -2.46. The summed E-state index contributed by atoms with van der Waals surface area (Å²) in [6, 6.07) is 4.54. The summed E-state index contributed by atoms with van der Waals surface area (Å²) in [4.78, 5) is 19.9. The molecule has 6 nitrogen and oxygen atoms in total. The van der Waals surface area contributed by atoms with Gasteiger partial charge in [-0.05, 0) is 6.07 Å². The van der Waals surface area contributed by atoms with Gasteiger partial charge in [0.15, 0.2) is 5.92 Å². The zero-order chi connectivity index (χ0) is 15.5. The largest absolute Gasteiger partial charge is 0.481 e. The van der Waals surface area contributed by atoms with Gasteiger partial charge in [0.05, 0.1) is 21.5 Å². The number of hydrogen-bond donors (Lipinski definition) is 1. The molecule has 2 atom stereocenters. The normalized spacial score (nSPS) is 14.6. The highest BCUT2D eigenvalue weighted by Crippen LogP contribution is 2.30. The first-order valence-electron chi connectivity index (χ1n) is 5.06. The molecule has 0 aliphatic heterocycles. The summed E-state index contributed by atoms with van der Waals surface area (Å²) < 4.78 is 49.1. The Morgan fingerprint density at radius 2 is 1.95 bits per heavy atom. The fourth-order valence-electron chi connectivity index (χ4n) is 1.35. The van der Waals surface area contributed by atoms with Crippen LogP contribution in [0.2, 0.25) is 0 Å². The molecule has 110 valence electrons. The monoisotopic (exact) mass is 311 g/mol. The summed E-state index contributed by atoms with van der Waals surface area (Å²) in [5.41, 5.74) is -0.614. The van der Waals surface area contributed by atoms with Gasteiger partial charge in [-0.2, -0.15) is 13.2 Å². The standard InChI is InChI=1S/C10H8F3NO5S/c11-10(12,13)6(9(15)16)5-20(19)8-4-2-1-3-7(8)14(17)18/h1-4,6H,5H2,(H,15,16). The van der Waals surface area contributed by atoms with Crippen molar-refractivity contribution in [3.8, 4) is 0 Å². The van der Waals surface area contributed by atoms with E-state index in [0.717, 1.165) is 12.1 Å². The number of halogens is 3. The number of carbonyl (C=O) groups is 1. The van der Waals surface area contributed by atoms with Crippen molar-refractivity contribution in [3.63, 3.8) is 0 Å². The van der Waals surface area contributed by atoms with E-state index in [2.05, 4.69) is 0 Å². The third-order valence-electron chi connectivity index (χ3n) is 2.32. The van der Waals surface area contributed by atoms with E-state index in [-0.39, 0.29) is 0 Å². The fraction of sp³-hybridized carbons (Fsp3) is 0.300. The lowest BCUT2D eigenvalue weighted by atomic mass is 10.2. The highest BCUT2D eigenvalue weighted by Gasteiger charge is 2.46. The number of nitrogens with zero attached hydrogens (tertiary/aromatic N) is 1. The number of nitro groups is 1. The lowest BCUT2D eigenvalue weighted by molar-refractivity contribution is -0.387.